The first-order valence-electron chi connectivity index (χ1n) is 6.85. The average Bonchev–Trinajstić information content (AvgIpc) is 2.60. The molecule has 3 rings (SSSR count). The van der Waals surface area contributed by atoms with Crippen molar-refractivity contribution in [3.63, 3.8) is 0 Å². The Kier molecular flexibility index (Phi) is 3.74. The number of carbonyl (C=O) groups excluding carboxylic acids is 1. The number of ether oxygens (including phenoxy) is 2. The van der Waals surface area contributed by atoms with Crippen molar-refractivity contribution in [3.05, 3.63) is 65.9 Å². The van der Waals surface area contributed by atoms with Gasteiger partial charge in [0.15, 0.2) is 17.3 Å². The number of methoxy groups -OCH3 is 2. The van der Waals surface area contributed by atoms with E-state index in [4.69, 9.17) is 9.47 Å². The predicted molar refractivity (Wildman–Crippen MR) is 84.7 cm³/mol. The third-order valence-corrected chi connectivity index (χ3v) is 3.51. The fourth-order valence-corrected chi connectivity index (χ4v) is 2.48. The topological polar surface area (TPSA) is 48.4 Å². The minimum absolute atomic E-state index is 0.0924. The van der Waals surface area contributed by atoms with E-state index >= 15 is 0 Å². The summed E-state index contributed by atoms with van der Waals surface area (Å²) in [6.45, 7) is 0. The molecule has 1 heterocycles. The molecule has 0 aliphatic heterocycles. The summed E-state index contributed by atoms with van der Waals surface area (Å²) < 4.78 is 10.8. The molecule has 4 heteroatoms. The molecule has 0 saturated heterocycles. The van der Waals surface area contributed by atoms with Gasteiger partial charge >= 0.3 is 0 Å². The van der Waals surface area contributed by atoms with E-state index in [1.165, 1.54) is 0 Å². The predicted octanol–water partition coefficient (Wildman–Crippen LogP) is 3.48. The van der Waals surface area contributed by atoms with E-state index in [2.05, 4.69) is 4.98 Å². The van der Waals surface area contributed by atoms with Crippen LogP contribution in [0.4, 0.5) is 0 Å². The third-order valence-electron chi connectivity index (χ3n) is 3.51. The van der Waals surface area contributed by atoms with Gasteiger partial charge in [-0.05, 0) is 18.2 Å². The van der Waals surface area contributed by atoms with E-state index in [0.29, 0.717) is 28.1 Å². The molecule has 0 radical (unpaired) electrons. The van der Waals surface area contributed by atoms with Crippen LogP contribution in [0.2, 0.25) is 0 Å². The lowest BCUT2D eigenvalue weighted by molar-refractivity contribution is 0.104. The van der Waals surface area contributed by atoms with Crippen molar-refractivity contribution in [2.24, 2.45) is 0 Å². The van der Waals surface area contributed by atoms with Crippen LogP contribution < -0.4 is 9.47 Å². The van der Waals surface area contributed by atoms with Gasteiger partial charge in [0.1, 0.15) is 0 Å². The van der Waals surface area contributed by atoms with Crippen LogP contribution in [0.5, 0.6) is 11.5 Å². The van der Waals surface area contributed by atoms with Crippen molar-refractivity contribution >= 4 is 16.7 Å². The quantitative estimate of drug-likeness (QED) is 0.691. The summed E-state index contributed by atoms with van der Waals surface area (Å²) >= 11 is 0. The molecule has 22 heavy (non-hydrogen) atoms. The second kappa shape index (κ2) is 5.85. The maximum atomic E-state index is 12.8. The maximum absolute atomic E-state index is 12.8. The molecule has 0 N–H and O–H groups in total. The number of fused-ring (bicyclic) bond motifs is 1. The number of carbonyl (C=O) groups is 1. The molecule has 0 saturated carbocycles. The molecule has 0 atom stereocenters. The summed E-state index contributed by atoms with van der Waals surface area (Å²) in [5.41, 5.74) is 1.72. The van der Waals surface area contributed by atoms with Gasteiger partial charge in [0.25, 0.3) is 0 Å². The molecule has 3 aromatic rings. The van der Waals surface area contributed by atoms with Crippen molar-refractivity contribution in [2.45, 2.75) is 0 Å². The Bertz CT molecular complexity index is 828. The number of nitrogens with zero attached hydrogens (tertiary/aromatic N) is 1. The molecule has 1 aromatic heterocycles. The molecule has 4 nitrogen and oxygen atoms in total. The lowest BCUT2D eigenvalue weighted by atomic mass is 9.99. The monoisotopic (exact) mass is 293 g/mol. The van der Waals surface area contributed by atoms with Gasteiger partial charge in [-0.25, -0.2) is 0 Å². The van der Waals surface area contributed by atoms with Gasteiger partial charge in [0.05, 0.1) is 25.3 Å². The number of ketones is 1. The minimum Gasteiger partial charge on any atom is -0.493 e. The van der Waals surface area contributed by atoms with Crippen LogP contribution >= 0.6 is 0 Å². The molecule has 0 bridgehead atoms. The van der Waals surface area contributed by atoms with Crippen molar-refractivity contribution < 1.29 is 14.3 Å². The van der Waals surface area contributed by atoms with Gasteiger partial charge in [-0.15, -0.1) is 0 Å². The number of hydrogen-bond donors (Lipinski definition) is 0. The van der Waals surface area contributed by atoms with E-state index < -0.39 is 0 Å². The van der Waals surface area contributed by atoms with Crippen LogP contribution in [0.3, 0.4) is 0 Å². The second-order valence-corrected chi connectivity index (χ2v) is 4.75. The van der Waals surface area contributed by atoms with Crippen molar-refractivity contribution in [3.8, 4) is 11.5 Å². The second-order valence-electron chi connectivity index (χ2n) is 4.75. The SMILES string of the molecule is COc1cc(C(=O)c2ccccc2)c2ncccc2c1OC. The molecule has 110 valence electrons. The summed E-state index contributed by atoms with van der Waals surface area (Å²) in [7, 11) is 3.12. The maximum Gasteiger partial charge on any atom is 0.195 e. The van der Waals surface area contributed by atoms with Gasteiger partial charge in [0.2, 0.25) is 0 Å². The molecule has 0 fully saturated rings. The van der Waals surface area contributed by atoms with Gasteiger partial charge in [0, 0.05) is 17.1 Å². The van der Waals surface area contributed by atoms with Gasteiger partial charge in [-0.1, -0.05) is 30.3 Å². The zero-order chi connectivity index (χ0) is 15.5. The molecule has 0 unspecified atom stereocenters. The Balaban J connectivity index is 2.28. The zero-order valence-electron chi connectivity index (χ0n) is 12.4. The summed E-state index contributed by atoms with van der Waals surface area (Å²) in [4.78, 5) is 17.1. The Hall–Kier alpha value is -2.88. The Morgan fingerprint density at radius 3 is 2.45 bits per heavy atom. The molecule has 0 aliphatic carbocycles. The van der Waals surface area contributed by atoms with Gasteiger partial charge < -0.3 is 9.47 Å². The van der Waals surface area contributed by atoms with Crippen LogP contribution in [0.1, 0.15) is 15.9 Å². The highest BCUT2D eigenvalue weighted by Crippen LogP contribution is 2.37. The lowest BCUT2D eigenvalue weighted by Gasteiger charge is -2.13. The third kappa shape index (κ3) is 2.29. The fraction of sp³-hybridized carbons (Fsp3) is 0.111. The van der Waals surface area contributed by atoms with Crippen LogP contribution in [0, 0.1) is 0 Å². The van der Waals surface area contributed by atoms with Crippen LogP contribution in [-0.2, 0) is 0 Å². The highest BCUT2D eigenvalue weighted by atomic mass is 16.5. The Morgan fingerprint density at radius 2 is 1.77 bits per heavy atom. The summed E-state index contributed by atoms with van der Waals surface area (Å²) in [5.74, 6) is 1.00. The molecule has 2 aromatic carbocycles. The van der Waals surface area contributed by atoms with E-state index in [0.717, 1.165) is 5.39 Å². The molecule has 0 amide bonds. The largest absolute Gasteiger partial charge is 0.493 e. The number of benzene rings is 2. The van der Waals surface area contributed by atoms with Crippen LogP contribution in [0.15, 0.2) is 54.7 Å². The summed E-state index contributed by atoms with van der Waals surface area (Å²) in [6.07, 6.45) is 1.66. The van der Waals surface area contributed by atoms with Crippen molar-refractivity contribution in [1.29, 1.82) is 0 Å². The van der Waals surface area contributed by atoms with Crippen molar-refractivity contribution in [1.82, 2.24) is 4.98 Å². The Labute approximate surface area is 128 Å². The van der Waals surface area contributed by atoms with E-state index in [9.17, 15) is 4.79 Å². The van der Waals surface area contributed by atoms with E-state index in [-0.39, 0.29) is 5.78 Å². The number of hydrogen-bond acceptors (Lipinski definition) is 4. The highest BCUT2D eigenvalue weighted by Gasteiger charge is 2.19. The average molecular weight is 293 g/mol. The lowest BCUT2D eigenvalue weighted by Crippen LogP contribution is -2.05. The summed E-state index contributed by atoms with van der Waals surface area (Å²) in [6, 6.07) is 14.5. The molecular formula is C18H15NO3. The molecular weight excluding hydrogens is 278 g/mol. The molecule has 0 spiro atoms. The smallest absolute Gasteiger partial charge is 0.195 e. The number of aromatic nitrogens is 1. The van der Waals surface area contributed by atoms with Crippen LogP contribution in [-0.4, -0.2) is 25.0 Å². The zero-order valence-corrected chi connectivity index (χ0v) is 12.4. The normalized spacial score (nSPS) is 10.5. The number of rotatable bonds is 4. The summed E-state index contributed by atoms with van der Waals surface area (Å²) in [5, 5.41) is 0.753. The highest BCUT2D eigenvalue weighted by molar-refractivity contribution is 6.16. The Morgan fingerprint density at radius 1 is 1.00 bits per heavy atom. The first kappa shape index (κ1) is 14.1. The minimum atomic E-state index is -0.0924. The van der Waals surface area contributed by atoms with Gasteiger partial charge in [-0.2, -0.15) is 0 Å². The fourth-order valence-electron chi connectivity index (χ4n) is 2.48. The van der Waals surface area contributed by atoms with E-state index in [1.54, 1.807) is 44.7 Å². The number of pyridine rings is 1. The van der Waals surface area contributed by atoms with E-state index in [1.807, 2.05) is 24.3 Å². The molecule has 0 aliphatic rings. The van der Waals surface area contributed by atoms with Crippen molar-refractivity contribution in [2.75, 3.05) is 14.2 Å². The standard InChI is InChI=1S/C18H15NO3/c1-21-15-11-14(17(20)12-7-4-3-5-8-12)16-13(18(15)22-2)9-6-10-19-16/h3-11H,1-2H3. The first-order chi connectivity index (χ1) is 10.8. The first-order valence-corrected chi connectivity index (χ1v) is 6.85. The van der Waals surface area contributed by atoms with Gasteiger partial charge in [-0.3, -0.25) is 9.78 Å². The van der Waals surface area contributed by atoms with Crippen LogP contribution in [0.25, 0.3) is 10.9 Å².